The van der Waals surface area contributed by atoms with Crippen LogP contribution in [-0.2, 0) is 0 Å². The van der Waals surface area contributed by atoms with Gasteiger partial charge < -0.3 is 5.32 Å². The first kappa shape index (κ1) is 17.2. The number of aromatic nitrogens is 2. The second kappa shape index (κ2) is 7.07. The molecule has 1 unspecified atom stereocenters. The van der Waals surface area contributed by atoms with Crippen molar-refractivity contribution in [2.75, 3.05) is 0 Å². The lowest BCUT2D eigenvalue weighted by molar-refractivity contribution is 0.0939. The van der Waals surface area contributed by atoms with Gasteiger partial charge in [-0.3, -0.25) is 4.79 Å². The van der Waals surface area contributed by atoms with Gasteiger partial charge in [0.05, 0.1) is 29.2 Å². The molecule has 0 spiro atoms. The van der Waals surface area contributed by atoms with E-state index < -0.39 is 0 Å². The Kier molecular flexibility index (Phi) is 4.86. The van der Waals surface area contributed by atoms with Gasteiger partial charge >= 0.3 is 0 Å². The van der Waals surface area contributed by atoms with Crippen molar-refractivity contribution in [3.63, 3.8) is 0 Å². The van der Waals surface area contributed by atoms with Crippen molar-refractivity contribution >= 4 is 17.5 Å². The molecule has 0 aliphatic heterocycles. The summed E-state index contributed by atoms with van der Waals surface area (Å²) >= 11 is 5.90. The molecule has 1 N–H and O–H groups in total. The van der Waals surface area contributed by atoms with E-state index in [1.807, 2.05) is 26.0 Å². The van der Waals surface area contributed by atoms with Crippen molar-refractivity contribution in [1.29, 1.82) is 0 Å². The zero-order valence-electron chi connectivity index (χ0n) is 13.8. The summed E-state index contributed by atoms with van der Waals surface area (Å²) in [6, 6.07) is 13.0. The highest BCUT2D eigenvalue weighted by Crippen LogP contribution is 2.18. The second-order valence-electron chi connectivity index (χ2n) is 5.78. The van der Waals surface area contributed by atoms with Gasteiger partial charge in [0.15, 0.2) is 0 Å². The Morgan fingerprint density at radius 1 is 1.16 bits per heavy atom. The topological polar surface area (TPSA) is 46.9 Å². The van der Waals surface area contributed by atoms with Crippen molar-refractivity contribution in [2.45, 2.75) is 19.9 Å². The number of hydrogen-bond acceptors (Lipinski definition) is 2. The number of halogens is 2. The van der Waals surface area contributed by atoms with E-state index in [4.69, 9.17) is 11.6 Å². The summed E-state index contributed by atoms with van der Waals surface area (Å²) in [5.41, 5.74) is 2.88. The summed E-state index contributed by atoms with van der Waals surface area (Å²) in [4.78, 5) is 12.6. The Balaban J connectivity index is 1.79. The first-order valence-corrected chi connectivity index (χ1v) is 8.20. The minimum atomic E-state index is -0.303. The predicted octanol–water partition coefficient (Wildman–Crippen LogP) is 4.46. The van der Waals surface area contributed by atoms with Crippen molar-refractivity contribution in [1.82, 2.24) is 15.1 Å². The summed E-state index contributed by atoms with van der Waals surface area (Å²) in [7, 11) is 0. The molecule has 3 rings (SSSR count). The first-order valence-electron chi connectivity index (χ1n) is 7.82. The van der Waals surface area contributed by atoms with E-state index in [2.05, 4.69) is 10.4 Å². The van der Waals surface area contributed by atoms with Crippen LogP contribution in [0.3, 0.4) is 0 Å². The third-order valence-electron chi connectivity index (χ3n) is 4.04. The van der Waals surface area contributed by atoms with Gasteiger partial charge in [0.25, 0.3) is 5.91 Å². The van der Waals surface area contributed by atoms with Gasteiger partial charge in [-0.05, 0) is 55.8 Å². The van der Waals surface area contributed by atoms with Gasteiger partial charge in [0, 0.05) is 5.02 Å². The molecular weight excluding hydrogens is 341 g/mol. The quantitative estimate of drug-likeness (QED) is 0.749. The maximum Gasteiger partial charge on any atom is 0.255 e. The lowest BCUT2D eigenvalue weighted by atomic mass is 10.1. The minimum Gasteiger partial charge on any atom is -0.345 e. The molecule has 1 heterocycles. The molecule has 0 saturated carbocycles. The number of carbonyl (C=O) groups excluding carboxylic acids is 1. The predicted molar refractivity (Wildman–Crippen MR) is 95.6 cm³/mol. The van der Waals surface area contributed by atoms with Crippen LogP contribution in [0, 0.1) is 12.7 Å². The molecule has 0 radical (unpaired) electrons. The fourth-order valence-corrected chi connectivity index (χ4v) is 2.71. The summed E-state index contributed by atoms with van der Waals surface area (Å²) in [5, 5.41) is 7.84. The van der Waals surface area contributed by atoms with Crippen molar-refractivity contribution in [3.8, 4) is 5.69 Å². The number of amides is 1. The third-order valence-corrected chi connectivity index (χ3v) is 4.30. The molecule has 0 aliphatic rings. The summed E-state index contributed by atoms with van der Waals surface area (Å²) in [5.74, 6) is -0.531. The number of nitrogens with one attached hydrogen (secondary N) is 1. The molecule has 128 valence electrons. The third kappa shape index (κ3) is 3.72. The van der Waals surface area contributed by atoms with Crippen LogP contribution in [-0.4, -0.2) is 15.7 Å². The fourth-order valence-electron chi connectivity index (χ4n) is 2.58. The van der Waals surface area contributed by atoms with Gasteiger partial charge in [-0.15, -0.1) is 0 Å². The highest BCUT2D eigenvalue weighted by atomic mass is 35.5. The van der Waals surface area contributed by atoms with Crippen molar-refractivity contribution < 1.29 is 9.18 Å². The summed E-state index contributed by atoms with van der Waals surface area (Å²) in [6.07, 6.45) is 1.54. The largest absolute Gasteiger partial charge is 0.345 e. The Hall–Kier alpha value is -2.66. The Morgan fingerprint density at radius 2 is 1.80 bits per heavy atom. The molecule has 6 heteroatoms. The molecule has 0 bridgehead atoms. The number of hydrogen-bond donors (Lipinski definition) is 1. The van der Waals surface area contributed by atoms with Gasteiger partial charge in [0.1, 0.15) is 5.82 Å². The molecule has 1 amide bonds. The average molecular weight is 358 g/mol. The Morgan fingerprint density at radius 3 is 2.44 bits per heavy atom. The summed E-state index contributed by atoms with van der Waals surface area (Å²) in [6.45, 7) is 3.68. The number of nitrogens with zero attached hydrogens (tertiary/aromatic N) is 2. The Labute approximate surface area is 150 Å². The van der Waals surface area contributed by atoms with Gasteiger partial charge in [-0.25, -0.2) is 9.07 Å². The fraction of sp³-hybridized carbons (Fsp3) is 0.158. The standard InChI is InChI=1S/C19H17ClFN3O/c1-12(14-3-7-16(21)8-4-14)23-19(25)18-11-22-24(13(18)2)17-9-5-15(20)6-10-17/h3-12H,1-2H3,(H,23,25). The van der Waals surface area contributed by atoms with Crippen LogP contribution in [0.15, 0.2) is 54.7 Å². The second-order valence-corrected chi connectivity index (χ2v) is 6.22. The molecule has 1 aromatic heterocycles. The summed E-state index contributed by atoms with van der Waals surface area (Å²) < 4.78 is 14.7. The molecule has 0 aliphatic carbocycles. The first-order chi connectivity index (χ1) is 12.0. The lowest BCUT2D eigenvalue weighted by Crippen LogP contribution is -2.27. The highest BCUT2D eigenvalue weighted by Gasteiger charge is 2.17. The van der Waals surface area contributed by atoms with Crippen LogP contribution < -0.4 is 5.32 Å². The van der Waals surface area contributed by atoms with Crippen LogP contribution in [0.5, 0.6) is 0 Å². The van der Waals surface area contributed by atoms with E-state index in [9.17, 15) is 9.18 Å². The van der Waals surface area contributed by atoms with Gasteiger partial charge in [0.2, 0.25) is 0 Å². The number of benzene rings is 2. The van der Waals surface area contributed by atoms with E-state index in [0.717, 1.165) is 16.9 Å². The molecule has 3 aromatic rings. The smallest absolute Gasteiger partial charge is 0.255 e. The maximum atomic E-state index is 13.0. The molecule has 1 atom stereocenters. The van der Waals surface area contributed by atoms with E-state index in [1.54, 1.807) is 28.9 Å². The number of rotatable bonds is 4. The zero-order chi connectivity index (χ0) is 18.0. The lowest BCUT2D eigenvalue weighted by Gasteiger charge is -2.14. The average Bonchev–Trinajstić information content (AvgIpc) is 2.98. The van der Waals surface area contributed by atoms with Crippen LogP contribution in [0.2, 0.25) is 5.02 Å². The molecule has 0 saturated heterocycles. The maximum absolute atomic E-state index is 13.0. The van der Waals surface area contributed by atoms with E-state index in [-0.39, 0.29) is 17.8 Å². The van der Waals surface area contributed by atoms with Crippen molar-refractivity contribution in [2.24, 2.45) is 0 Å². The van der Waals surface area contributed by atoms with Crippen LogP contribution in [0.1, 0.15) is 34.6 Å². The molecule has 4 nitrogen and oxygen atoms in total. The Bertz CT molecular complexity index is 888. The van der Waals surface area contributed by atoms with E-state index in [0.29, 0.717) is 10.6 Å². The molecule has 0 fully saturated rings. The number of carbonyl (C=O) groups is 1. The SMILES string of the molecule is Cc1c(C(=O)NC(C)c2ccc(F)cc2)cnn1-c1ccc(Cl)cc1. The highest BCUT2D eigenvalue weighted by molar-refractivity contribution is 6.30. The normalized spacial score (nSPS) is 12.0. The molecular formula is C19H17ClFN3O. The minimum absolute atomic E-state index is 0.227. The molecule has 25 heavy (non-hydrogen) atoms. The van der Waals surface area contributed by atoms with Gasteiger partial charge in [-0.1, -0.05) is 23.7 Å². The van der Waals surface area contributed by atoms with Crippen LogP contribution >= 0.6 is 11.6 Å². The van der Waals surface area contributed by atoms with Crippen LogP contribution in [0.25, 0.3) is 5.69 Å². The molecule has 2 aromatic carbocycles. The zero-order valence-corrected chi connectivity index (χ0v) is 14.6. The van der Waals surface area contributed by atoms with E-state index in [1.165, 1.54) is 18.3 Å². The van der Waals surface area contributed by atoms with E-state index >= 15 is 0 Å². The van der Waals surface area contributed by atoms with Crippen LogP contribution in [0.4, 0.5) is 4.39 Å². The van der Waals surface area contributed by atoms with Crippen molar-refractivity contribution in [3.05, 3.63) is 82.4 Å². The monoisotopic (exact) mass is 357 g/mol. The van der Waals surface area contributed by atoms with Gasteiger partial charge in [-0.2, -0.15) is 5.10 Å².